The summed E-state index contributed by atoms with van der Waals surface area (Å²) in [5.74, 6) is 0.0810. The van der Waals surface area contributed by atoms with E-state index in [9.17, 15) is 9.59 Å². The van der Waals surface area contributed by atoms with Crippen LogP contribution in [0.5, 0.6) is 0 Å². The van der Waals surface area contributed by atoms with Gasteiger partial charge in [0, 0.05) is 30.4 Å². The second-order valence-electron chi connectivity index (χ2n) is 6.33. The van der Waals surface area contributed by atoms with Crippen molar-refractivity contribution in [2.45, 2.75) is 17.3 Å². The second kappa shape index (κ2) is 8.58. The Morgan fingerprint density at radius 3 is 2.25 bits per heavy atom. The largest absolute Gasteiger partial charge is 0.347 e. The number of halogens is 1. The topological polar surface area (TPSA) is 68.1 Å². The van der Waals surface area contributed by atoms with Gasteiger partial charge in [-0.2, -0.15) is 0 Å². The Morgan fingerprint density at radius 1 is 1.04 bits per heavy atom. The van der Waals surface area contributed by atoms with Crippen molar-refractivity contribution in [3.63, 3.8) is 0 Å². The number of Topliss-reactive ketones (excluding diaryl/α,β-unsaturated/α-hetero) is 1. The molecule has 0 aliphatic rings. The molecule has 1 aromatic heterocycles. The molecule has 0 unspecified atom stereocenters. The van der Waals surface area contributed by atoms with Gasteiger partial charge < -0.3 is 4.90 Å². The van der Waals surface area contributed by atoms with Gasteiger partial charge in [0.05, 0.1) is 0 Å². The van der Waals surface area contributed by atoms with E-state index in [2.05, 4.69) is 10.2 Å². The zero-order valence-corrected chi connectivity index (χ0v) is 17.2. The summed E-state index contributed by atoms with van der Waals surface area (Å²) in [5.41, 5.74) is 1.66. The molecule has 0 saturated carbocycles. The predicted molar refractivity (Wildman–Crippen MR) is 111 cm³/mol. The van der Waals surface area contributed by atoms with Crippen molar-refractivity contribution in [3.8, 4) is 17.1 Å². The molecule has 0 radical (unpaired) electrons. The maximum Gasteiger partial charge on any atom is 0.243 e. The molecule has 1 heterocycles. The highest BCUT2D eigenvalue weighted by Crippen LogP contribution is 2.31. The summed E-state index contributed by atoms with van der Waals surface area (Å²) in [6, 6.07) is 16.8. The first-order valence-corrected chi connectivity index (χ1v) is 9.79. The Kier molecular flexibility index (Phi) is 6.16. The molecule has 1 atom stereocenters. The lowest BCUT2D eigenvalue weighted by molar-refractivity contribution is -0.132. The Morgan fingerprint density at radius 2 is 1.68 bits per heavy atom. The number of amides is 1. The van der Waals surface area contributed by atoms with Crippen molar-refractivity contribution >= 4 is 35.1 Å². The molecule has 0 aliphatic carbocycles. The van der Waals surface area contributed by atoms with E-state index in [4.69, 9.17) is 11.6 Å². The Balaban J connectivity index is 2.10. The van der Waals surface area contributed by atoms with E-state index < -0.39 is 5.25 Å². The molecule has 6 nitrogen and oxygen atoms in total. The van der Waals surface area contributed by atoms with Gasteiger partial charge in [0.15, 0.2) is 16.8 Å². The molecule has 0 spiro atoms. The minimum Gasteiger partial charge on any atom is -0.347 e. The minimum atomic E-state index is -0.889. The fourth-order valence-electron chi connectivity index (χ4n) is 2.59. The van der Waals surface area contributed by atoms with Crippen molar-refractivity contribution in [2.75, 3.05) is 14.1 Å². The zero-order chi connectivity index (χ0) is 20.3. The fraction of sp³-hybridized carbons (Fsp3) is 0.200. The van der Waals surface area contributed by atoms with Crippen molar-refractivity contribution in [3.05, 3.63) is 59.6 Å². The van der Waals surface area contributed by atoms with Crippen LogP contribution in [0.2, 0.25) is 5.02 Å². The minimum absolute atomic E-state index is 0.237. The Bertz CT molecular complexity index is 987. The van der Waals surface area contributed by atoms with E-state index >= 15 is 0 Å². The molecule has 0 fully saturated rings. The van der Waals surface area contributed by atoms with E-state index in [1.54, 1.807) is 26.2 Å². The van der Waals surface area contributed by atoms with Crippen LogP contribution in [-0.2, 0) is 9.59 Å². The van der Waals surface area contributed by atoms with Gasteiger partial charge in [-0.3, -0.25) is 14.2 Å². The molecule has 1 amide bonds. The number of nitrogens with zero attached hydrogens (tertiary/aromatic N) is 4. The van der Waals surface area contributed by atoms with Crippen molar-refractivity contribution < 1.29 is 9.59 Å². The number of carbonyl (C=O) groups is 2. The number of carbonyl (C=O) groups excluding carboxylic acids is 2. The average molecular weight is 415 g/mol. The number of aromatic nitrogens is 3. The van der Waals surface area contributed by atoms with Crippen LogP contribution in [0.25, 0.3) is 17.1 Å². The normalized spacial score (nSPS) is 11.9. The van der Waals surface area contributed by atoms with Crippen LogP contribution >= 0.6 is 23.4 Å². The number of para-hydroxylation sites is 1. The summed E-state index contributed by atoms with van der Waals surface area (Å²) in [6.07, 6.45) is 0. The monoisotopic (exact) mass is 414 g/mol. The SMILES string of the molecule is CC(=O)[C@H](Sc1nnc(-c2ccc(Cl)cc2)n1-c1ccccc1)C(=O)N(C)C. The summed E-state index contributed by atoms with van der Waals surface area (Å²) in [5, 5.41) is 8.79. The molecular weight excluding hydrogens is 396 g/mol. The van der Waals surface area contributed by atoms with Crippen molar-refractivity contribution in [1.82, 2.24) is 19.7 Å². The highest BCUT2D eigenvalue weighted by atomic mass is 35.5. The quantitative estimate of drug-likeness (QED) is 0.454. The highest BCUT2D eigenvalue weighted by molar-refractivity contribution is 8.01. The first-order chi connectivity index (χ1) is 13.4. The number of thioether (sulfide) groups is 1. The lowest BCUT2D eigenvalue weighted by atomic mass is 10.2. The van der Waals surface area contributed by atoms with Gasteiger partial charge in [0.1, 0.15) is 5.25 Å². The molecule has 0 aliphatic heterocycles. The van der Waals surface area contributed by atoms with E-state index in [-0.39, 0.29) is 11.7 Å². The summed E-state index contributed by atoms with van der Waals surface area (Å²) in [6.45, 7) is 1.41. The van der Waals surface area contributed by atoms with Gasteiger partial charge in [-0.15, -0.1) is 10.2 Å². The average Bonchev–Trinajstić information content (AvgIpc) is 3.10. The summed E-state index contributed by atoms with van der Waals surface area (Å²) in [4.78, 5) is 26.0. The highest BCUT2D eigenvalue weighted by Gasteiger charge is 2.29. The molecule has 3 aromatic rings. The molecule has 0 saturated heterocycles. The van der Waals surface area contributed by atoms with Crippen molar-refractivity contribution in [1.29, 1.82) is 0 Å². The molecule has 28 heavy (non-hydrogen) atoms. The maximum absolute atomic E-state index is 12.5. The maximum atomic E-state index is 12.5. The van der Waals surface area contributed by atoms with Gasteiger partial charge >= 0.3 is 0 Å². The van der Waals surface area contributed by atoms with Gasteiger partial charge in [0.2, 0.25) is 5.91 Å². The van der Waals surface area contributed by atoms with E-state index in [0.717, 1.165) is 23.0 Å². The third-order valence-corrected chi connectivity index (χ3v) is 5.50. The number of ketones is 1. The number of hydrogen-bond donors (Lipinski definition) is 0. The van der Waals surface area contributed by atoms with Crippen LogP contribution in [0.4, 0.5) is 0 Å². The van der Waals surface area contributed by atoms with E-state index in [1.165, 1.54) is 11.8 Å². The standard InChI is InChI=1S/C20H19ClN4O2S/c1-13(26)17(19(27)24(2)3)28-20-23-22-18(14-9-11-15(21)12-10-14)25(20)16-7-5-4-6-8-16/h4-12,17H,1-3H3/t17-/m0/s1. The Hall–Kier alpha value is -2.64. The number of hydrogen-bond acceptors (Lipinski definition) is 5. The van der Waals surface area contributed by atoms with Gasteiger partial charge in [-0.05, 0) is 43.3 Å². The molecule has 2 aromatic carbocycles. The van der Waals surface area contributed by atoms with Gasteiger partial charge in [0.25, 0.3) is 0 Å². The molecular formula is C20H19ClN4O2S. The smallest absolute Gasteiger partial charge is 0.243 e. The second-order valence-corrected chi connectivity index (χ2v) is 7.83. The molecule has 144 valence electrons. The third kappa shape index (κ3) is 4.26. The number of benzene rings is 2. The van der Waals surface area contributed by atoms with Gasteiger partial charge in [-0.1, -0.05) is 41.6 Å². The molecule has 3 rings (SSSR count). The van der Waals surface area contributed by atoms with E-state index in [0.29, 0.717) is 16.0 Å². The lowest BCUT2D eigenvalue weighted by Gasteiger charge is -2.18. The van der Waals surface area contributed by atoms with E-state index in [1.807, 2.05) is 47.0 Å². The van der Waals surface area contributed by atoms with Crippen LogP contribution < -0.4 is 0 Å². The first-order valence-electron chi connectivity index (χ1n) is 8.53. The first kappa shape index (κ1) is 20.1. The van der Waals surface area contributed by atoms with Gasteiger partial charge in [-0.25, -0.2) is 0 Å². The summed E-state index contributed by atoms with van der Waals surface area (Å²) < 4.78 is 1.84. The fourth-order valence-corrected chi connectivity index (χ4v) is 3.79. The van der Waals surface area contributed by atoms with Crippen LogP contribution in [-0.4, -0.2) is 50.7 Å². The molecule has 8 heteroatoms. The molecule has 0 N–H and O–H groups in total. The van der Waals surface area contributed by atoms with Crippen LogP contribution in [0.1, 0.15) is 6.92 Å². The number of rotatable bonds is 6. The third-order valence-electron chi connectivity index (χ3n) is 4.01. The van der Waals surface area contributed by atoms with Crippen LogP contribution in [0.3, 0.4) is 0 Å². The lowest BCUT2D eigenvalue weighted by Crippen LogP contribution is -2.36. The van der Waals surface area contributed by atoms with Crippen LogP contribution in [0.15, 0.2) is 59.8 Å². The van der Waals surface area contributed by atoms with Crippen LogP contribution in [0, 0.1) is 0 Å². The van der Waals surface area contributed by atoms with Crippen molar-refractivity contribution in [2.24, 2.45) is 0 Å². The Labute approximate surface area is 172 Å². The summed E-state index contributed by atoms with van der Waals surface area (Å²) in [7, 11) is 3.25. The molecule has 0 bridgehead atoms. The zero-order valence-electron chi connectivity index (χ0n) is 15.7. The summed E-state index contributed by atoms with van der Waals surface area (Å²) >= 11 is 7.10. The predicted octanol–water partition coefficient (Wildman–Crippen LogP) is 3.73.